The van der Waals surface area contributed by atoms with Crippen molar-refractivity contribution in [2.24, 2.45) is 0 Å². The first-order valence-electron chi connectivity index (χ1n) is 11.6. The van der Waals surface area contributed by atoms with Crippen LogP contribution in [0.15, 0.2) is 104 Å². The van der Waals surface area contributed by atoms with Gasteiger partial charge in [0.2, 0.25) is 5.43 Å². The van der Waals surface area contributed by atoms with E-state index < -0.39 is 0 Å². The fourth-order valence-electron chi connectivity index (χ4n) is 4.26. The Hall–Kier alpha value is -5.21. The first-order valence-corrected chi connectivity index (χ1v) is 12.0. The maximum Gasteiger partial charge on any atom is 0.200 e. The third kappa shape index (κ3) is 4.22. The molecule has 0 saturated carbocycles. The second kappa shape index (κ2) is 9.27. The van der Waals surface area contributed by atoms with Gasteiger partial charge >= 0.3 is 0 Å². The highest BCUT2D eigenvalue weighted by molar-refractivity contribution is 6.36. The predicted molar refractivity (Wildman–Crippen MR) is 146 cm³/mol. The first-order chi connectivity index (χ1) is 18.8. The van der Waals surface area contributed by atoms with Crippen LogP contribution in [0.1, 0.15) is 0 Å². The summed E-state index contributed by atoms with van der Waals surface area (Å²) >= 11 is 6.05. The van der Waals surface area contributed by atoms with Gasteiger partial charge in [-0.25, -0.2) is 0 Å². The number of rotatable bonds is 4. The molecule has 0 aliphatic rings. The molecule has 0 radical (unpaired) electrons. The number of ether oxygens (including phenoxy) is 1. The molecule has 0 amide bonds. The molecular weight excluding hydrogens is 524 g/mol. The van der Waals surface area contributed by atoms with E-state index in [4.69, 9.17) is 25.2 Å². The summed E-state index contributed by atoms with van der Waals surface area (Å²) in [6, 6.07) is 18.0. The summed E-state index contributed by atoms with van der Waals surface area (Å²) in [6.45, 7) is 0. The van der Waals surface area contributed by atoms with Gasteiger partial charge in [-0.1, -0.05) is 29.8 Å². The van der Waals surface area contributed by atoms with Crippen molar-refractivity contribution in [3.63, 3.8) is 0 Å². The lowest BCUT2D eigenvalue weighted by atomic mass is 10.0. The van der Waals surface area contributed by atoms with Gasteiger partial charge in [-0.3, -0.25) is 9.59 Å². The Kier molecular flexibility index (Phi) is 5.74. The van der Waals surface area contributed by atoms with Crippen LogP contribution in [-0.2, 0) is 0 Å². The smallest absolute Gasteiger partial charge is 0.200 e. The number of hydrogen-bond donors (Lipinski definition) is 3. The maximum atomic E-state index is 13.0. The Bertz CT molecular complexity index is 2020. The SMILES string of the molecule is O=c1c(-c2ccc(O)c(Oc3ccc(-c4coc5c(Cl)c(O)ccc5c4=O)cc3)c2)coc2cc(O)ccc12. The molecule has 0 aliphatic heterocycles. The minimum absolute atomic E-state index is 0.0177. The van der Waals surface area contributed by atoms with Crippen LogP contribution in [0.25, 0.3) is 44.2 Å². The lowest BCUT2D eigenvalue weighted by Crippen LogP contribution is -2.05. The number of phenolic OH excluding ortho intramolecular Hbond substituents is 3. The summed E-state index contributed by atoms with van der Waals surface area (Å²) in [6.07, 6.45) is 2.57. The fourth-order valence-corrected chi connectivity index (χ4v) is 4.47. The monoisotopic (exact) mass is 540 g/mol. The van der Waals surface area contributed by atoms with Crippen molar-refractivity contribution in [1.82, 2.24) is 0 Å². The highest BCUT2D eigenvalue weighted by Crippen LogP contribution is 2.36. The van der Waals surface area contributed by atoms with E-state index in [9.17, 15) is 24.9 Å². The summed E-state index contributed by atoms with van der Waals surface area (Å²) < 4.78 is 16.9. The minimum Gasteiger partial charge on any atom is -0.508 e. The van der Waals surface area contributed by atoms with Crippen LogP contribution in [0, 0.1) is 0 Å². The van der Waals surface area contributed by atoms with Crippen LogP contribution < -0.4 is 15.6 Å². The minimum atomic E-state index is -0.318. The highest BCUT2D eigenvalue weighted by Gasteiger charge is 2.15. The number of phenols is 3. The topological polar surface area (TPSA) is 130 Å². The summed E-state index contributed by atoms with van der Waals surface area (Å²) in [5.41, 5.74) is 1.29. The van der Waals surface area contributed by atoms with Gasteiger partial charge in [0.25, 0.3) is 0 Å². The van der Waals surface area contributed by atoms with Crippen LogP contribution >= 0.6 is 11.6 Å². The molecule has 0 bridgehead atoms. The van der Waals surface area contributed by atoms with Gasteiger partial charge in [-0.15, -0.1) is 0 Å². The molecular formula is C30H17ClO8. The summed E-state index contributed by atoms with van der Waals surface area (Å²) in [5.74, 6) is 0.121. The zero-order chi connectivity index (χ0) is 27.3. The zero-order valence-electron chi connectivity index (χ0n) is 19.8. The van der Waals surface area contributed by atoms with Crippen LogP contribution in [0.3, 0.4) is 0 Å². The zero-order valence-corrected chi connectivity index (χ0v) is 20.6. The van der Waals surface area contributed by atoms with Crippen molar-refractivity contribution in [1.29, 1.82) is 0 Å². The molecule has 0 spiro atoms. The number of fused-ring (bicyclic) bond motifs is 2. The van der Waals surface area contributed by atoms with Gasteiger partial charge in [-0.2, -0.15) is 0 Å². The first kappa shape index (κ1) is 24.1. The second-order valence-corrected chi connectivity index (χ2v) is 9.10. The molecule has 0 atom stereocenters. The van der Waals surface area contributed by atoms with Crippen LogP contribution in [-0.4, -0.2) is 15.3 Å². The lowest BCUT2D eigenvalue weighted by molar-refractivity contribution is 0.411. The van der Waals surface area contributed by atoms with Crippen molar-refractivity contribution in [2.45, 2.75) is 0 Å². The Morgan fingerprint density at radius 1 is 0.667 bits per heavy atom. The molecule has 6 aromatic rings. The van der Waals surface area contributed by atoms with Crippen LogP contribution in [0.4, 0.5) is 0 Å². The van der Waals surface area contributed by atoms with E-state index in [1.807, 2.05) is 0 Å². The quantitative estimate of drug-likeness (QED) is 0.222. The molecule has 192 valence electrons. The summed E-state index contributed by atoms with van der Waals surface area (Å²) in [7, 11) is 0. The number of aromatic hydroxyl groups is 3. The molecule has 8 nitrogen and oxygen atoms in total. The average Bonchev–Trinajstić information content (AvgIpc) is 2.93. The van der Waals surface area contributed by atoms with Crippen molar-refractivity contribution in [2.75, 3.05) is 0 Å². The van der Waals surface area contributed by atoms with Crippen molar-refractivity contribution in [3.05, 3.63) is 111 Å². The predicted octanol–water partition coefficient (Wildman–Crippen LogP) is 6.80. The lowest BCUT2D eigenvalue weighted by Gasteiger charge is -2.11. The molecule has 6 rings (SSSR count). The molecule has 0 unspecified atom stereocenters. The average molecular weight is 541 g/mol. The normalized spacial score (nSPS) is 11.2. The van der Waals surface area contributed by atoms with E-state index in [0.717, 1.165) is 0 Å². The van der Waals surface area contributed by atoms with Gasteiger partial charge in [0.15, 0.2) is 22.5 Å². The summed E-state index contributed by atoms with van der Waals surface area (Å²) in [5, 5.41) is 30.3. The highest BCUT2D eigenvalue weighted by atomic mass is 35.5. The molecule has 0 fully saturated rings. The van der Waals surface area contributed by atoms with E-state index in [0.29, 0.717) is 22.3 Å². The Morgan fingerprint density at radius 3 is 2.10 bits per heavy atom. The third-order valence-electron chi connectivity index (χ3n) is 6.28. The number of benzene rings is 4. The van der Waals surface area contributed by atoms with E-state index in [1.165, 1.54) is 55.0 Å². The van der Waals surface area contributed by atoms with Crippen molar-refractivity contribution < 1.29 is 28.9 Å². The molecule has 0 aliphatic carbocycles. The van der Waals surface area contributed by atoms with Crippen molar-refractivity contribution >= 4 is 33.5 Å². The Labute approximate surface area is 224 Å². The molecule has 39 heavy (non-hydrogen) atoms. The Morgan fingerprint density at radius 2 is 1.31 bits per heavy atom. The van der Waals surface area contributed by atoms with Crippen LogP contribution in [0.5, 0.6) is 28.7 Å². The molecule has 3 N–H and O–H groups in total. The van der Waals surface area contributed by atoms with E-state index in [-0.39, 0.29) is 66.6 Å². The van der Waals surface area contributed by atoms with Crippen molar-refractivity contribution in [3.8, 4) is 51.0 Å². The van der Waals surface area contributed by atoms with Crippen LogP contribution in [0.2, 0.25) is 5.02 Å². The third-order valence-corrected chi connectivity index (χ3v) is 6.65. The van der Waals surface area contributed by atoms with Gasteiger partial charge in [0, 0.05) is 6.07 Å². The van der Waals surface area contributed by atoms with Gasteiger partial charge in [-0.05, 0) is 59.7 Å². The van der Waals surface area contributed by atoms with E-state index in [1.54, 1.807) is 30.3 Å². The van der Waals surface area contributed by atoms with Gasteiger partial charge in [0.05, 0.1) is 21.9 Å². The molecule has 2 aromatic heterocycles. The van der Waals surface area contributed by atoms with E-state index >= 15 is 0 Å². The molecule has 2 heterocycles. The Balaban J connectivity index is 1.31. The van der Waals surface area contributed by atoms with Gasteiger partial charge in [0.1, 0.15) is 40.4 Å². The molecule has 0 saturated heterocycles. The standard InChI is InChI=1S/C30H17ClO8/c31-27-24(34)10-8-20-29(36)21(14-38-30(20)27)15-1-5-18(6-2-15)39-26-11-16(3-9-23(26)33)22-13-37-25-12-17(32)4-7-19(25)28(22)35/h1-14,32-34H. The number of halogens is 1. The fraction of sp³-hybridized carbons (Fsp3) is 0. The molecule has 4 aromatic carbocycles. The molecule has 9 heteroatoms. The summed E-state index contributed by atoms with van der Waals surface area (Å²) in [4.78, 5) is 26.0. The maximum absolute atomic E-state index is 13.0. The second-order valence-electron chi connectivity index (χ2n) is 8.72. The van der Waals surface area contributed by atoms with Gasteiger partial charge < -0.3 is 28.9 Å². The largest absolute Gasteiger partial charge is 0.508 e. The van der Waals surface area contributed by atoms with E-state index in [2.05, 4.69) is 0 Å². The number of hydrogen-bond acceptors (Lipinski definition) is 8.